The molecule has 0 radical (unpaired) electrons. The van der Waals surface area contributed by atoms with Gasteiger partial charge in [-0.1, -0.05) is 37.3 Å². The highest BCUT2D eigenvalue weighted by Crippen LogP contribution is 2.14. The normalized spacial score (nSPS) is 11.7. The fraction of sp³-hybridized carbons (Fsp3) is 0.176. The van der Waals surface area contributed by atoms with Gasteiger partial charge in [0.1, 0.15) is 6.33 Å². The molecule has 2 N–H and O–H groups in total. The van der Waals surface area contributed by atoms with Crippen molar-refractivity contribution >= 4 is 11.7 Å². The first-order valence-electron chi connectivity index (χ1n) is 7.65. The third-order valence-corrected chi connectivity index (χ3v) is 3.68. The lowest BCUT2D eigenvalue weighted by Crippen LogP contribution is -2.31. The van der Waals surface area contributed by atoms with Gasteiger partial charge in [-0.25, -0.2) is 9.48 Å². The molecular weight excluding hydrogens is 304 g/mol. The number of rotatable bonds is 5. The molecule has 2 aromatic carbocycles. The summed E-state index contributed by atoms with van der Waals surface area (Å²) < 4.78 is 1.55. The van der Waals surface area contributed by atoms with Crippen molar-refractivity contribution in [2.75, 3.05) is 11.9 Å². The molecule has 0 saturated carbocycles. The van der Waals surface area contributed by atoms with Gasteiger partial charge in [0.25, 0.3) is 0 Å². The fourth-order valence-electron chi connectivity index (χ4n) is 2.30. The lowest BCUT2D eigenvalue weighted by Gasteiger charge is -2.13. The number of anilines is 1. The van der Waals surface area contributed by atoms with Crippen LogP contribution in [-0.2, 0) is 0 Å². The molecule has 0 fully saturated rings. The molecule has 122 valence electrons. The Kier molecular flexibility index (Phi) is 4.81. The summed E-state index contributed by atoms with van der Waals surface area (Å²) in [6.07, 6.45) is 1.51. The summed E-state index contributed by atoms with van der Waals surface area (Å²) in [5.74, 6) is 0.249. The number of amides is 2. The van der Waals surface area contributed by atoms with Crippen LogP contribution in [0.5, 0.6) is 0 Å². The predicted molar refractivity (Wildman–Crippen MR) is 91.0 cm³/mol. The number of tetrazole rings is 1. The molecule has 0 aliphatic rings. The zero-order chi connectivity index (χ0) is 16.8. The van der Waals surface area contributed by atoms with E-state index in [2.05, 4.69) is 45.2 Å². The highest BCUT2D eigenvalue weighted by molar-refractivity contribution is 5.89. The molecule has 3 aromatic rings. The number of urea groups is 1. The van der Waals surface area contributed by atoms with E-state index in [-0.39, 0.29) is 11.9 Å². The van der Waals surface area contributed by atoms with E-state index in [4.69, 9.17) is 0 Å². The van der Waals surface area contributed by atoms with Gasteiger partial charge in [0.2, 0.25) is 0 Å². The predicted octanol–water partition coefficient (Wildman–Crippen LogP) is 2.59. The van der Waals surface area contributed by atoms with Gasteiger partial charge in [-0.2, -0.15) is 0 Å². The minimum Gasteiger partial charge on any atom is -0.337 e. The van der Waals surface area contributed by atoms with Crippen LogP contribution in [0, 0.1) is 0 Å². The Hall–Kier alpha value is -3.22. The SMILES string of the molecule is C[C@@H](CNC(=O)Nc1ccc(-n2cnnn2)cc1)c1ccccc1. The smallest absolute Gasteiger partial charge is 0.319 e. The molecule has 0 bridgehead atoms. The Morgan fingerprint density at radius 1 is 1.12 bits per heavy atom. The standard InChI is InChI=1S/C17H18N6O/c1-13(14-5-3-2-4-6-14)11-18-17(24)20-15-7-9-16(10-8-15)23-12-19-21-22-23/h2-10,12-13H,11H2,1H3,(H2,18,20,24)/t13-/m0/s1. The molecule has 7 heteroatoms. The van der Waals surface area contributed by atoms with Gasteiger partial charge in [0, 0.05) is 12.2 Å². The summed E-state index contributed by atoms with van der Waals surface area (Å²) in [6, 6.07) is 17.1. The Morgan fingerprint density at radius 3 is 2.54 bits per heavy atom. The molecule has 1 atom stereocenters. The molecule has 1 heterocycles. The van der Waals surface area contributed by atoms with Gasteiger partial charge in [-0.3, -0.25) is 0 Å². The Bertz CT molecular complexity index is 771. The molecule has 0 unspecified atom stereocenters. The number of nitrogens with one attached hydrogen (secondary N) is 2. The van der Waals surface area contributed by atoms with E-state index >= 15 is 0 Å². The maximum absolute atomic E-state index is 12.0. The van der Waals surface area contributed by atoms with E-state index in [1.807, 2.05) is 30.3 Å². The van der Waals surface area contributed by atoms with Crippen LogP contribution >= 0.6 is 0 Å². The highest BCUT2D eigenvalue weighted by atomic mass is 16.2. The van der Waals surface area contributed by atoms with Gasteiger partial charge in [-0.15, -0.1) is 5.10 Å². The summed E-state index contributed by atoms with van der Waals surface area (Å²) in [4.78, 5) is 12.0. The molecule has 0 saturated heterocycles. The number of hydrogen-bond donors (Lipinski definition) is 2. The van der Waals surface area contributed by atoms with Crippen molar-refractivity contribution in [1.29, 1.82) is 0 Å². The zero-order valence-corrected chi connectivity index (χ0v) is 13.3. The van der Waals surface area contributed by atoms with Crippen LogP contribution in [0.25, 0.3) is 5.69 Å². The van der Waals surface area contributed by atoms with Crippen molar-refractivity contribution in [3.63, 3.8) is 0 Å². The summed E-state index contributed by atoms with van der Waals surface area (Å²) in [6.45, 7) is 2.65. The van der Waals surface area contributed by atoms with Crippen LogP contribution in [0.2, 0.25) is 0 Å². The fourth-order valence-corrected chi connectivity index (χ4v) is 2.30. The number of hydrogen-bond acceptors (Lipinski definition) is 4. The average molecular weight is 322 g/mol. The van der Waals surface area contributed by atoms with Crippen molar-refractivity contribution in [3.05, 3.63) is 66.5 Å². The second-order valence-corrected chi connectivity index (χ2v) is 5.45. The van der Waals surface area contributed by atoms with Crippen molar-refractivity contribution in [3.8, 4) is 5.69 Å². The molecule has 2 amide bonds. The summed E-state index contributed by atoms with van der Waals surface area (Å²) in [5.41, 5.74) is 2.73. The Morgan fingerprint density at radius 2 is 1.88 bits per heavy atom. The monoisotopic (exact) mass is 322 g/mol. The molecule has 1 aromatic heterocycles. The van der Waals surface area contributed by atoms with Gasteiger partial charge >= 0.3 is 6.03 Å². The first kappa shape index (κ1) is 15.7. The van der Waals surface area contributed by atoms with E-state index < -0.39 is 0 Å². The van der Waals surface area contributed by atoms with E-state index in [0.717, 1.165) is 5.69 Å². The number of benzene rings is 2. The summed E-state index contributed by atoms with van der Waals surface area (Å²) in [5, 5.41) is 16.7. The Labute approximate surface area is 139 Å². The number of nitrogens with zero attached hydrogens (tertiary/aromatic N) is 4. The van der Waals surface area contributed by atoms with Crippen molar-refractivity contribution < 1.29 is 4.79 Å². The van der Waals surface area contributed by atoms with E-state index in [0.29, 0.717) is 12.2 Å². The van der Waals surface area contributed by atoms with Crippen LogP contribution in [-0.4, -0.2) is 32.8 Å². The quantitative estimate of drug-likeness (QED) is 0.756. The van der Waals surface area contributed by atoms with E-state index in [1.54, 1.807) is 16.8 Å². The molecule has 7 nitrogen and oxygen atoms in total. The van der Waals surface area contributed by atoms with Gasteiger partial charge in [-0.05, 0) is 46.2 Å². The summed E-state index contributed by atoms with van der Waals surface area (Å²) in [7, 11) is 0. The van der Waals surface area contributed by atoms with Gasteiger partial charge < -0.3 is 10.6 Å². The second kappa shape index (κ2) is 7.36. The topological polar surface area (TPSA) is 84.7 Å². The van der Waals surface area contributed by atoms with Crippen LogP contribution in [0.15, 0.2) is 60.9 Å². The number of aromatic nitrogens is 4. The first-order chi connectivity index (χ1) is 11.7. The largest absolute Gasteiger partial charge is 0.337 e. The first-order valence-corrected chi connectivity index (χ1v) is 7.65. The van der Waals surface area contributed by atoms with Gasteiger partial charge in [0.15, 0.2) is 0 Å². The molecule has 24 heavy (non-hydrogen) atoms. The lowest BCUT2D eigenvalue weighted by atomic mass is 10.0. The van der Waals surface area contributed by atoms with Crippen LogP contribution in [0.1, 0.15) is 18.4 Å². The van der Waals surface area contributed by atoms with Crippen LogP contribution in [0.4, 0.5) is 10.5 Å². The third-order valence-electron chi connectivity index (χ3n) is 3.68. The van der Waals surface area contributed by atoms with Crippen molar-refractivity contribution in [2.45, 2.75) is 12.8 Å². The molecule has 0 aliphatic heterocycles. The zero-order valence-electron chi connectivity index (χ0n) is 13.3. The van der Waals surface area contributed by atoms with Crippen LogP contribution < -0.4 is 10.6 Å². The third kappa shape index (κ3) is 3.95. The summed E-state index contributed by atoms with van der Waals surface area (Å²) >= 11 is 0. The minimum absolute atomic E-state index is 0.229. The molecular formula is C17H18N6O. The maximum Gasteiger partial charge on any atom is 0.319 e. The second-order valence-electron chi connectivity index (χ2n) is 5.45. The molecule has 0 spiro atoms. The highest BCUT2D eigenvalue weighted by Gasteiger charge is 2.07. The van der Waals surface area contributed by atoms with Gasteiger partial charge in [0.05, 0.1) is 5.69 Å². The molecule has 3 rings (SSSR count). The number of carbonyl (C=O) groups is 1. The maximum atomic E-state index is 12.0. The lowest BCUT2D eigenvalue weighted by molar-refractivity contribution is 0.251. The van der Waals surface area contributed by atoms with E-state index in [1.165, 1.54) is 11.9 Å². The average Bonchev–Trinajstić information content (AvgIpc) is 3.16. The molecule has 0 aliphatic carbocycles. The minimum atomic E-state index is -0.229. The van der Waals surface area contributed by atoms with Crippen molar-refractivity contribution in [2.24, 2.45) is 0 Å². The van der Waals surface area contributed by atoms with Crippen molar-refractivity contribution in [1.82, 2.24) is 25.5 Å². The van der Waals surface area contributed by atoms with E-state index in [9.17, 15) is 4.79 Å². The number of carbonyl (C=O) groups excluding carboxylic acids is 1. The van der Waals surface area contributed by atoms with Crippen LogP contribution in [0.3, 0.4) is 0 Å². The Balaban J connectivity index is 1.51.